The van der Waals surface area contributed by atoms with Crippen LogP contribution in [0.5, 0.6) is 0 Å². The highest BCUT2D eigenvalue weighted by Crippen LogP contribution is 2.07. The summed E-state index contributed by atoms with van der Waals surface area (Å²) in [6.45, 7) is 0. The average Bonchev–Trinajstić information content (AvgIpc) is 2.17. The Kier molecular flexibility index (Phi) is 2.67. The van der Waals surface area contributed by atoms with E-state index in [-0.39, 0.29) is 0 Å². The minimum absolute atomic E-state index is 0.323. The molecule has 1 heterocycles. The summed E-state index contributed by atoms with van der Waals surface area (Å²) in [5.41, 5.74) is 7.25. The van der Waals surface area contributed by atoms with E-state index in [0.717, 1.165) is 5.56 Å². The van der Waals surface area contributed by atoms with E-state index in [1.807, 2.05) is 30.3 Å². The Bertz CT molecular complexity index is 398. The summed E-state index contributed by atoms with van der Waals surface area (Å²) in [4.78, 5) is 3.81. The summed E-state index contributed by atoms with van der Waals surface area (Å²) in [7, 11) is 0. The molecule has 0 amide bonds. The maximum absolute atomic E-state index is 13.0. The topological polar surface area (TPSA) is 50.4 Å². The van der Waals surface area contributed by atoms with E-state index in [4.69, 9.17) is 5.73 Å². The molecule has 1 aromatic carbocycles. The van der Waals surface area contributed by atoms with Crippen LogP contribution in [0, 0.1) is 0 Å². The largest absolute Gasteiger partial charge is 0.385 e. The molecule has 15 heavy (non-hydrogen) atoms. The Morgan fingerprint density at radius 1 is 1.33 bits per heavy atom. The summed E-state index contributed by atoms with van der Waals surface area (Å²) >= 11 is 0. The summed E-state index contributed by atoms with van der Waals surface area (Å²) in [5.74, 6) is 0.323. The van der Waals surface area contributed by atoms with Crippen molar-refractivity contribution in [3.05, 3.63) is 47.8 Å². The number of nitrogens with one attached hydrogen (secondary N) is 1. The van der Waals surface area contributed by atoms with E-state index in [1.54, 1.807) is 6.08 Å². The van der Waals surface area contributed by atoms with Gasteiger partial charge >= 0.3 is 0 Å². The van der Waals surface area contributed by atoms with Gasteiger partial charge in [0.1, 0.15) is 5.82 Å². The predicted octanol–water partition coefficient (Wildman–Crippen LogP) is 1.33. The first kappa shape index (κ1) is 9.71. The van der Waals surface area contributed by atoms with Crippen molar-refractivity contribution in [1.82, 2.24) is 5.32 Å². The van der Waals surface area contributed by atoms with Gasteiger partial charge in [0.25, 0.3) is 6.42 Å². The molecule has 0 radical (unpaired) electrons. The van der Waals surface area contributed by atoms with Gasteiger partial charge in [0.15, 0.2) is 0 Å². The quantitative estimate of drug-likeness (QED) is 0.715. The third-order valence-electron chi connectivity index (χ3n) is 2.12. The Morgan fingerprint density at radius 2 is 2.07 bits per heavy atom. The van der Waals surface area contributed by atoms with Crippen molar-refractivity contribution < 1.29 is 4.39 Å². The lowest BCUT2D eigenvalue weighted by atomic mass is 10.1. The molecule has 0 aromatic heterocycles. The van der Waals surface area contributed by atoms with Crippen molar-refractivity contribution >= 4 is 5.71 Å². The second-order valence-corrected chi connectivity index (χ2v) is 3.36. The van der Waals surface area contributed by atoms with Gasteiger partial charge < -0.3 is 11.1 Å². The van der Waals surface area contributed by atoms with Crippen molar-refractivity contribution in [2.45, 2.75) is 12.8 Å². The monoisotopic (exact) mass is 205 g/mol. The molecule has 0 spiro atoms. The number of hydrogen-bond acceptors (Lipinski definition) is 3. The highest BCUT2D eigenvalue weighted by atomic mass is 19.1. The zero-order valence-electron chi connectivity index (χ0n) is 8.15. The second-order valence-electron chi connectivity index (χ2n) is 3.36. The predicted molar refractivity (Wildman–Crippen MR) is 57.9 cm³/mol. The van der Waals surface area contributed by atoms with Crippen LogP contribution in [0.15, 0.2) is 47.2 Å². The number of rotatable bonds is 2. The van der Waals surface area contributed by atoms with Crippen LogP contribution >= 0.6 is 0 Å². The lowest BCUT2D eigenvalue weighted by Gasteiger charge is -2.15. The van der Waals surface area contributed by atoms with Crippen LogP contribution < -0.4 is 11.1 Å². The van der Waals surface area contributed by atoms with E-state index in [0.29, 0.717) is 18.0 Å². The van der Waals surface area contributed by atoms with Crippen LogP contribution in [0.4, 0.5) is 4.39 Å². The van der Waals surface area contributed by atoms with Crippen molar-refractivity contribution in [3.63, 3.8) is 0 Å². The molecule has 0 saturated carbocycles. The van der Waals surface area contributed by atoms with Crippen molar-refractivity contribution in [2.24, 2.45) is 10.7 Å². The SMILES string of the molecule is NC1=CC(Cc2ccccc2)=NC(F)N1. The molecule has 78 valence electrons. The molecule has 2 rings (SSSR count). The van der Waals surface area contributed by atoms with Gasteiger partial charge in [0.05, 0.1) is 0 Å². The number of nitrogens with zero attached hydrogens (tertiary/aromatic N) is 1. The maximum atomic E-state index is 13.0. The molecular formula is C11H12FN3. The van der Waals surface area contributed by atoms with E-state index in [2.05, 4.69) is 10.3 Å². The molecule has 0 saturated heterocycles. The number of halogens is 1. The number of hydrogen-bond donors (Lipinski definition) is 2. The fraction of sp³-hybridized carbons (Fsp3) is 0.182. The highest BCUT2D eigenvalue weighted by Gasteiger charge is 2.11. The summed E-state index contributed by atoms with van der Waals surface area (Å²) < 4.78 is 13.0. The maximum Gasteiger partial charge on any atom is 0.265 e. The molecule has 0 aliphatic carbocycles. The average molecular weight is 205 g/mol. The van der Waals surface area contributed by atoms with Crippen LogP contribution in [0.3, 0.4) is 0 Å². The fourth-order valence-corrected chi connectivity index (χ4v) is 1.48. The number of alkyl halides is 1. The normalized spacial score (nSPS) is 20.2. The first-order chi connectivity index (χ1) is 7.24. The molecule has 1 aromatic rings. The minimum atomic E-state index is -1.42. The number of benzene rings is 1. The molecule has 3 N–H and O–H groups in total. The number of aliphatic imine (C=N–C) groups is 1. The van der Waals surface area contributed by atoms with Crippen molar-refractivity contribution in [3.8, 4) is 0 Å². The second kappa shape index (κ2) is 4.13. The molecule has 1 aliphatic heterocycles. The smallest absolute Gasteiger partial charge is 0.265 e. The first-order valence-electron chi connectivity index (χ1n) is 4.72. The Morgan fingerprint density at radius 3 is 2.73 bits per heavy atom. The lowest BCUT2D eigenvalue weighted by Crippen LogP contribution is -2.32. The van der Waals surface area contributed by atoms with Gasteiger partial charge in [0.2, 0.25) is 0 Å². The van der Waals surface area contributed by atoms with Gasteiger partial charge in [-0.1, -0.05) is 30.3 Å². The van der Waals surface area contributed by atoms with Gasteiger partial charge in [-0.2, -0.15) is 4.39 Å². The van der Waals surface area contributed by atoms with Crippen LogP contribution in [0.1, 0.15) is 5.56 Å². The van der Waals surface area contributed by atoms with Crippen LogP contribution in [0.2, 0.25) is 0 Å². The van der Waals surface area contributed by atoms with Gasteiger partial charge in [-0.15, -0.1) is 0 Å². The third-order valence-corrected chi connectivity index (χ3v) is 2.12. The molecule has 3 nitrogen and oxygen atoms in total. The van der Waals surface area contributed by atoms with Gasteiger partial charge in [0, 0.05) is 12.1 Å². The van der Waals surface area contributed by atoms with Crippen LogP contribution in [-0.4, -0.2) is 12.1 Å². The zero-order chi connectivity index (χ0) is 10.7. The Labute approximate surface area is 87.5 Å². The molecule has 0 fully saturated rings. The number of nitrogens with two attached hydrogens (primary N) is 1. The van der Waals surface area contributed by atoms with E-state index in [1.165, 1.54) is 0 Å². The fourth-order valence-electron chi connectivity index (χ4n) is 1.48. The summed E-state index contributed by atoms with van der Waals surface area (Å²) in [6.07, 6.45) is 0.834. The van der Waals surface area contributed by atoms with Crippen LogP contribution in [-0.2, 0) is 6.42 Å². The van der Waals surface area contributed by atoms with Crippen molar-refractivity contribution in [2.75, 3.05) is 0 Å². The van der Waals surface area contributed by atoms with Crippen LogP contribution in [0.25, 0.3) is 0 Å². The first-order valence-corrected chi connectivity index (χ1v) is 4.72. The molecule has 4 heteroatoms. The van der Waals surface area contributed by atoms with Crippen molar-refractivity contribution in [1.29, 1.82) is 0 Å². The molecular weight excluding hydrogens is 193 g/mol. The Balaban J connectivity index is 2.13. The standard InChI is InChI=1S/C11H12FN3/c12-11-14-9(7-10(13)15-11)6-8-4-2-1-3-5-8/h1-5,7,11,15H,6,13H2. The van der Waals surface area contributed by atoms with E-state index < -0.39 is 6.42 Å². The van der Waals surface area contributed by atoms with E-state index >= 15 is 0 Å². The van der Waals surface area contributed by atoms with E-state index in [9.17, 15) is 4.39 Å². The minimum Gasteiger partial charge on any atom is -0.385 e. The van der Waals surface area contributed by atoms with Gasteiger partial charge in [-0.05, 0) is 11.6 Å². The molecule has 1 unspecified atom stereocenters. The van der Waals surface area contributed by atoms with Gasteiger partial charge in [-0.3, -0.25) is 0 Å². The summed E-state index contributed by atoms with van der Waals surface area (Å²) in [5, 5.41) is 2.38. The molecule has 1 atom stereocenters. The van der Waals surface area contributed by atoms with Gasteiger partial charge in [-0.25, -0.2) is 4.99 Å². The molecule has 0 bridgehead atoms. The number of allylic oxidation sites excluding steroid dienone is 1. The lowest BCUT2D eigenvalue weighted by molar-refractivity contribution is 0.303. The highest BCUT2D eigenvalue weighted by molar-refractivity contribution is 5.97. The summed E-state index contributed by atoms with van der Waals surface area (Å²) in [6, 6.07) is 9.77. The molecule has 1 aliphatic rings. The Hall–Kier alpha value is -1.84. The third kappa shape index (κ3) is 2.56. The zero-order valence-corrected chi connectivity index (χ0v) is 8.15.